The number of rotatable bonds is 8. The highest BCUT2D eigenvalue weighted by Crippen LogP contribution is 2.26. The summed E-state index contributed by atoms with van der Waals surface area (Å²) in [7, 11) is 0. The Kier molecular flexibility index (Phi) is 7.48. The van der Waals surface area contributed by atoms with Crippen molar-refractivity contribution >= 4 is 27.5 Å². The second-order valence-electron chi connectivity index (χ2n) is 7.06. The fraction of sp³-hybridized carbons (Fsp3) is 0.240. The molecular weight excluding hydrogens is 426 g/mol. The molecule has 0 bridgehead atoms. The number of halogens is 1. The lowest BCUT2D eigenvalue weighted by atomic mass is 10.1. The van der Waals surface area contributed by atoms with Gasteiger partial charge in [0.15, 0.2) is 6.10 Å². The molecule has 0 aliphatic rings. The number of carbonyl (C=O) groups excluding carboxylic acids is 1. The number of benzene rings is 3. The summed E-state index contributed by atoms with van der Waals surface area (Å²) in [6.07, 6.45) is 2.76. The van der Waals surface area contributed by atoms with Crippen molar-refractivity contribution in [2.45, 2.75) is 39.2 Å². The monoisotopic (exact) mass is 451 g/mol. The van der Waals surface area contributed by atoms with Crippen molar-refractivity contribution in [2.75, 3.05) is 5.32 Å². The van der Waals surface area contributed by atoms with Crippen LogP contribution in [0.3, 0.4) is 0 Å². The molecule has 3 rings (SSSR count). The minimum atomic E-state index is -0.607. The predicted molar refractivity (Wildman–Crippen MR) is 123 cm³/mol. The maximum Gasteiger partial charge on any atom is 0.265 e. The molecule has 1 atom stereocenters. The topological polar surface area (TPSA) is 38.3 Å². The number of ether oxygens (including phenoxy) is 1. The van der Waals surface area contributed by atoms with E-state index in [9.17, 15) is 4.79 Å². The summed E-state index contributed by atoms with van der Waals surface area (Å²) < 4.78 is 6.72. The molecule has 4 heteroatoms. The molecular formula is C25H26BrNO2. The van der Waals surface area contributed by atoms with Crippen molar-refractivity contribution in [3.63, 3.8) is 0 Å². The summed E-state index contributed by atoms with van der Waals surface area (Å²) in [5.41, 5.74) is 4.28. The van der Waals surface area contributed by atoms with Gasteiger partial charge in [0.1, 0.15) is 5.75 Å². The molecule has 0 fully saturated rings. The molecule has 0 saturated heterocycles. The van der Waals surface area contributed by atoms with E-state index in [2.05, 4.69) is 52.4 Å². The van der Waals surface area contributed by atoms with E-state index in [0.29, 0.717) is 5.75 Å². The molecule has 150 valence electrons. The van der Waals surface area contributed by atoms with Crippen LogP contribution in [-0.4, -0.2) is 12.0 Å². The van der Waals surface area contributed by atoms with Crippen molar-refractivity contribution in [1.29, 1.82) is 0 Å². The maximum absolute atomic E-state index is 12.6. The van der Waals surface area contributed by atoms with Crippen LogP contribution >= 0.6 is 15.9 Å². The smallest absolute Gasteiger partial charge is 0.265 e. The van der Waals surface area contributed by atoms with Gasteiger partial charge in [0.25, 0.3) is 5.91 Å². The van der Waals surface area contributed by atoms with Gasteiger partial charge in [-0.3, -0.25) is 4.79 Å². The van der Waals surface area contributed by atoms with E-state index in [1.165, 1.54) is 5.56 Å². The molecule has 0 heterocycles. The van der Waals surface area contributed by atoms with Crippen LogP contribution in [0.2, 0.25) is 0 Å². The number of unbranched alkanes of at least 4 members (excludes halogenated alkanes) is 1. The van der Waals surface area contributed by atoms with Crippen LogP contribution in [0.25, 0.3) is 11.1 Å². The van der Waals surface area contributed by atoms with Crippen molar-refractivity contribution < 1.29 is 9.53 Å². The molecule has 1 N–H and O–H groups in total. The molecule has 3 nitrogen and oxygen atoms in total. The fourth-order valence-electron chi connectivity index (χ4n) is 3.04. The first kappa shape index (κ1) is 21.1. The highest BCUT2D eigenvalue weighted by molar-refractivity contribution is 9.10. The zero-order chi connectivity index (χ0) is 20.6. The largest absolute Gasteiger partial charge is 0.481 e. The summed E-state index contributed by atoms with van der Waals surface area (Å²) in [5, 5.41) is 2.94. The standard InChI is InChI=1S/C25H26BrNO2/c1-3-4-8-19-11-16-24(23(26)17-19)27-25(28)18(2)29-22-14-12-21(13-15-22)20-9-6-5-7-10-20/h5-7,9-18H,3-4,8H2,1-2H3,(H,27,28). The van der Waals surface area contributed by atoms with E-state index >= 15 is 0 Å². The third-order valence-electron chi connectivity index (χ3n) is 4.75. The SMILES string of the molecule is CCCCc1ccc(NC(=O)C(C)Oc2ccc(-c3ccccc3)cc2)c(Br)c1. The molecule has 0 spiro atoms. The van der Waals surface area contributed by atoms with E-state index < -0.39 is 6.10 Å². The van der Waals surface area contributed by atoms with Gasteiger partial charge in [-0.25, -0.2) is 0 Å². The first-order valence-electron chi connectivity index (χ1n) is 9.98. The first-order chi connectivity index (χ1) is 14.1. The van der Waals surface area contributed by atoms with Crippen LogP contribution < -0.4 is 10.1 Å². The van der Waals surface area contributed by atoms with Crippen LogP contribution in [0.5, 0.6) is 5.75 Å². The predicted octanol–water partition coefficient (Wildman–Crippen LogP) is 6.86. The van der Waals surface area contributed by atoms with Gasteiger partial charge in [-0.15, -0.1) is 0 Å². The van der Waals surface area contributed by atoms with E-state index in [4.69, 9.17) is 4.74 Å². The van der Waals surface area contributed by atoms with Crippen molar-refractivity contribution in [2.24, 2.45) is 0 Å². The van der Waals surface area contributed by atoms with Crippen LogP contribution in [0.1, 0.15) is 32.3 Å². The Bertz CT molecular complexity index is 939. The van der Waals surface area contributed by atoms with Gasteiger partial charge in [-0.05, 0) is 76.7 Å². The van der Waals surface area contributed by atoms with Gasteiger partial charge in [-0.1, -0.05) is 61.9 Å². The Morgan fingerprint density at radius 1 is 1.00 bits per heavy atom. The van der Waals surface area contributed by atoms with E-state index in [0.717, 1.165) is 40.5 Å². The Morgan fingerprint density at radius 3 is 2.34 bits per heavy atom. The number of nitrogens with one attached hydrogen (secondary N) is 1. The quantitative estimate of drug-likeness (QED) is 0.405. The summed E-state index contributed by atoms with van der Waals surface area (Å²) in [6, 6.07) is 24.0. The fourth-order valence-corrected chi connectivity index (χ4v) is 3.57. The summed E-state index contributed by atoms with van der Waals surface area (Å²) in [6.45, 7) is 3.93. The van der Waals surface area contributed by atoms with Crippen molar-refractivity contribution in [1.82, 2.24) is 0 Å². The number of carbonyl (C=O) groups is 1. The van der Waals surface area contributed by atoms with Gasteiger partial charge < -0.3 is 10.1 Å². The van der Waals surface area contributed by atoms with Gasteiger partial charge in [0, 0.05) is 4.47 Å². The maximum atomic E-state index is 12.6. The zero-order valence-corrected chi connectivity index (χ0v) is 18.4. The molecule has 0 aromatic heterocycles. The minimum absolute atomic E-state index is 0.181. The van der Waals surface area contributed by atoms with Gasteiger partial charge in [-0.2, -0.15) is 0 Å². The number of hydrogen-bond acceptors (Lipinski definition) is 2. The third kappa shape index (κ3) is 5.94. The highest BCUT2D eigenvalue weighted by Gasteiger charge is 2.16. The molecule has 3 aromatic rings. The summed E-state index contributed by atoms with van der Waals surface area (Å²) in [5.74, 6) is 0.487. The lowest BCUT2D eigenvalue weighted by Crippen LogP contribution is -2.30. The second-order valence-corrected chi connectivity index (χ2v) is 7.91. The first-order valence-corrected chi connectivity index (χ1v) is 10.8. The highest BCUT2D eigenvalue weighted by atomic mass is 79.9. The van der Waals surface area contributed by atoms with Crippen LogP contribution in [-0.2, 0) is 11.2 Å². The van der Waals surface area contributed by atoms with Crippen LogP contribution in [0.15, 0.2) is 77.3 Å². The van der Waals surface area contributed by atoms with E-state index in [1.807, 2.05) is 48.5 Å². The van der Waals surface area contributed by atoms with Crippen LogP contribution in [0, 0.1) is 0 Å². The normalized spacial score (nSPS) is 11.7. The van der Waals surface area contributed by atoms with Gasteiger partial charge in [0.2, 0.25) is 0 Å². The van der Waals surface area contributed by atoms with Crippen molar-refractivity contribution in [3.05, 3.63) is 82.8 Å². The molecule has 0 aliphatic carbocycles. The lowest BCUT2D eigenvalue weighted by molar-refractivity contribution is -0.122. The number of amides is 1. The van der Waals surface area contributed by atoms with E-state index in [1.54, 1.807) is 6.92 Å². The number of hydrogen-bond donors (Lipinski definition) is 1. The number of anilines is 1. The molecule has 3 aromatic carbocycles. The molecule has 1 amide bonds. The average Bonchev–Trinajstić information content (AvgIpc) is 2.75. The second kappa shape index (κ2) is 10.3. The average molecular weight is 452 g/mol. The molecule has 0 aliphatic heterocycles. The van der Waals surface area contributed by atoms with Gasteiger partial charge >= 0.3 is 0 Å². The van der Waals surface area contributed by atoms with Crippen LogP contribution in [0.4, 0.5) is 5.69 Å². The van der Waals surface area contributed by atoms with E-state index in [-0.39, 0.29) is 5.91 Å². The van der Waals surface area contributed by atoms with Crippen molar-refractivity contribution in [3.8, 4) is 16.9 Å². The Balaban J connectivity index is 1.59. The molecule has 0 saturated carbocycles. The molecule has 0 radical (unpaired) electrons. The zero-order valence-electron chi connectivity index (χ0n) is 16.8. The molecule has 29 heavy (non-hydrogen) atoms. The minimum Gasteiger partial charge on any atom is -0.481 e. The Morgan fingerprint density at radius 2 is 1.69 bits per heavy atom. The third-order valence-corrected chi connectivity index (χ3v) is 5.41. The Hall–Kier alpha value is -2.59. The summed E-state index contributed by atoms with van der Waals surface area (Å²) >= 11 is 3.56. The van der Waals surface area contributed by atoms with Gasteiger partial charge in [0.05, 0.1) is 5.69 Å². The number of aryl methyl sites for hydroxylation is 1. The summed E-state index contributed by atoms with van der Waals surface area (Å²) in [4.78, 5) is 12.6. The Labute approximate surface area is 181 Å². The lowest BCUT2D eigenvalue weighted by Gasteiger charge is -2.16. The molecule has 1 unspecified atom stereocenters.